The molecule has 0 heterocycles. The highest BCUT2D eigenvalue weighted by Gasteiger charge is 2.07. The molecule has 0 amide bonds. The van der Waals surface area contributed by atoms with Gasteiger partial charge in [0.2, 0.25) is 0 Å². The lowest BCUT2D eigenvalue weighted by Gasteiger charge is -2.11. The summed E-state index contributed by atoms with van der Waals surface area (Å²) in [7, 11) is -0.124. The van der Waals surface area contributed by atoms with E-state index in [1.165, 1.54) is 0 Å². The van der Waals surface area contributed by atoms with Gasteiger partial charge in [-0.2, -0.15) is 0 Å². The SMILES string of the molecule is C[SiH](C)C[SiH2]C[SiH](C)C[SiH](C)C. The average molecular weight is 235 g/mol. The maximum absolute atomic E-state index is 2.61. The Morgan fingerprint density at radius 1 is 0.833 bits per heavy atom. The van der Waals surface area contributed by atoms with Crippen LogP contribution in [0, 0.1) is 0 Å². The van der Waals surface area contributed by atoms with E-state index in [1.807, 2.05) is 0 Å². The van der Waals surface area contributed by atoms with Crippen LogP contribution >= 0.6 is 0 Å². The van der Waals surface area contributed by atoms with Gasteiger partial charge >= 0.3 is 0 Å². The predicted molar refractivity (Wildman–Crippen MR) is 73.7 cm³/mol. The Morgan fingerprint density at radius 3 is 1.83 bits per heavy atom. The van der Waals surface area contributed by atoms with E-state index in [2.05, 4.69) is 32.7 Å². The quantitative estimate of drug-likeness (QED) is 0.610. The first-order valence-corrected chi connectivity index (χ1v) is 16.6. The minimum absolute atomic E-state index is 0.170. The third kappa shape index (κ3) is 8.96. The van der Waals surface area contributed by atoms with Crippen LogP contribution in [-0.4, -0.2) is 35.9 Å². The molecule has 4 heteroatoms. The summed E-state index contributed by atoms with van der Waals surface area (Å²) in [6.45, 7) is 12.7. The highest BCUT2D eigenvalue weighted by Crippen LogP contribution is 2.03. The number of hydrogen-bond acceptors (Lipinski definition) is 0. The molecule has 0 nitrogen and oxygen atoms in total. The highest BCUT2D eigenvalue weighted by molar-refractivity contribution is 6.82. The Morgan fingerprint density at radius 2 is 1.42 bits per heavy atom. The molecular weight excluding hydrogens is 208 g/mol. The van der Waals surface area contributed by atoms with Gasteiger partial charge in [0.15, 0.2) is 0 Å². The minimum Gasteiger partial charge on any atom is -0.0724 e. The van der Waals surface area contributed by atoms with E-state index in [4.69, 9.17) is 0 Å². The van der Waals surface area contributed by atoms with Crippen molar-refractivity contribution in [1.29, 1.82) is 0 Å². The van der Waals surface area contributed by atoms with Gasteiger partial charge in [0, 0.05) is 35.9 Å². The van der Waals surface area contributed by atoms with Crippen LogP contribution in [-0.2, 0) is 0 Å². The van der Waals surface area contributed by atoms with Gasteiger partial charge < -0.3 is 0 Å². The van der Waals surface area contributed by atoms with Gasteiger partial charge in [-0.25, -0.2) is 0 Å². The zero-order valence-electron chi connectivity index (χ0n) is 9.56. The standard InChI is InChI=1S/C8H26Si4/c1-10(2)6-9-7-12(5)8-11(3)4/h10-12H,6-9H2,1-5H3. The van der Waals surface area contributed by atoms with Gasteiger partial charge in [-0.05, 0) is 0 Å². The fourth-order valence-electron chi connectivity index (χ4n) is 1.80. The Balaban J connectivity index is 3.25. The van der Waals surface area contributed by atoms with Crippen molar-refractivity contribution in [2.75, 3.05) is 0 Å². The van der Waals surface area contributed by atoms with Crippen LogP contribution in [0.4, 0.5) is 0 Å². The fraction of sp³-hybridized carbons (Fsp3) is 1.00. The number of rotatable bonds is 6. The molecule has 0 aliphatic rings. The van der Waals surface area contributed by atoms with Crippen molar-refractivity contribution in [3.63, 3.8) is 0 Å². The fourth-order valence-corrected chi connectivity index (χ4v) is 20.4. The molecule has 0 aliphatic carbocycles. The van der Waals surface area contributed by atoms with Gasteiger partial charge in [-0.15, -0.1) is 0 Å². The summed E-state index contributed by atoms with van der Waals surface area (Å²) in [5.74, 6) is 0. The maximum atomic E-state index is 2.61. The highest BCUT2D eigenvalue weighted by atomic mass is 28.4. The summed E-state index contributed by atoms with van der Waals surface area (Å²) in [6, 6.07) is 0. The maximum Gasteiger partial charge on any atom is 0.0276 e. The largest absolute Gasteiger partial charge is 0.0724 e. The lowest BCUT2D eigenvalue weighted by Crippen LogP contribution is -2.19. The molecule has 0 saturated heterocycles. The molecule has 0 radical (unpaired) electrons. The lowest BCUT2D eigenvalue weighted by molar-refractivity contribution is 1.64. The third-order valence-electron chi connectivity index (χ3n) is 2.35. The van der Waals surface area contributed by atoms with Gasteiger partial charge in [-0.3, -0.25) is 0 Å². The number of hydrogen-bond donors (Lipinski definition) is 0. The van der Waals surface area contributed by atoms with E-state index in [-0.39, 0.29) is 26.4 Å². The van der Waals surface area contributed by atoms with Gasteiger partial charge in [0.05, 0.1) is 0 Å². The topological polar surface area (TPSA) is 0 Å². The first-order chi connectivity index (χ1) is 5.52. The van der Waals surface area contributed by atoms with Crippen molar-refractivity contribution < 1.29 is 0 Å². The summed E-state index contributed by atoms with van der Waals surface area (Å²) in [4.78, 5) is 0. The third-order valence-corrected chi connectivity index (χ3v) is 21.2. The molecule has 74 valence electrons. The van der Waals surface area contributed by atoms with E-state index in [1.54, 1.807) is 17.0 Å². The second-order valence-electron chi connectivity index (χ2n) is 5.06. The molecule has 0 bridgehead atoms. The Bertz CT molecular complexity index is 103. The van der Waals surface area contributed by atoms with E-state index in [0.29, 0.717) is 9.52 Å². The summed E-state index contributed by atoms with van der Waals surface area (Å²) < 4.78 is 0. The summed E-state index contributed by atoms with van der Waals surface area (Å²) >= 11 is 0. The molecule has 0 aromatic rings. The van der Waals surface area contributed by atoms with Crippen LogP contribution in [0.2, 0.25) is 49.7 Å². The van der Waals surface area contributed by atoms with Crippen LogP contribution < -0.4 is 0 Å². The molecule has 0 aliphatic heterocycles. The normalized spacial score (nSPS) is 15.2. The molecular formula is C8H26Si4. The van der Waals surface area contributed by atoms with Crippen molar-refractivity contribution in [3.05, 3.63) is 0 Å². The Kier molecular flexibility index (Phi) is 7.82. The molecule has 0 spiro atoms. The molecule has 0 saturated carbocycles. The van der Waals surface area contributed by atoms with Gasteiger partial charge in [0.25, 0.3) is 0 Å². The molecule has 1 unspecified atom stereocenters. The minimum atomic E-state index is -0.200. The molecule has 0 fully saturated rings. The second kappa shape index (κ2) is 7.29. The molecule has 0 rings (SSSR count). The van der Waals surface area contributed by atoms with E-state index in [9.17, 15) is 0 Å². The zero-order valence-corrected chi connectivity index (χ0v) is 14.4. The zero-order chi connectivity index (χ0) is 9.56. The van der Waals surface area contributed by atoms with Crippen LogP contribution in [0.5, 0.6) is 0 Å². The average Bonchev–Trinajstić information content (AvgIpc) is 1.84. The second-order valence-corrected chi connectivity index (χ2v) is 20.1. The van der Waals surface area contributed by atoms with Crippen molar-refractivity contribution in [2.24, 2.45) is 0 Å². The first kappa shape index (κ1) is 12.9. The van der Waals surface area contributed by atoms with E-state index < -0.39 is 0 Å². The van der Waals surface area contributed by atoms with Crippen molar-refractivity contribution >= 4 is 35.9 Å². The smallest absolute Gasteiger partial charge is 0.0276 e. The lowest BCUT2D eigenvalue weighted by atomic mass is 11.7. The summed E-state index contributed by atoms with van der Waals surface area (Å²) in [5, 5.41) is 0. The van der Waals surface area contributed by atoms with Crippen molar-refractivity contribution in [3.8, 4) is 0 Å². The van der Waals surface area contributed by atoms with Gasteiger partial charge in [-0.1, -0.05) is 49.7 Å². The van der Waals surface area contributed by atoms with Crippen LogP contribution in [0.1, 0.15) is 0 Å². The predicted octanol–water partition coefficient (Wildman–Crippen LogP) is 1.44. The van der Waals surface area contributed by atoms with Gasteiger partial charge in [0.1, 0.15) is 0 Å². The summed E-state index contributed by atoms with van der Waals surface area (Å²) in [6.07, 6.45) is 0. The summed E-state index contributed by atoms with van der Waals surface area (Å²) in [5.41, 5.74) is 5.24. The Labute approximate surface area is 85.8 Å². The van der Waals surface area contributed by atoms with Crippen LogP contribution in [0.25, 0.3) is 0 Å². The molecule has 1 atom stereocenters. The molecule has 0 aromatic carbocycles. The Hall–Kier alpha value is 0.868. The molecule has 0 aromatic heterocycles. The molecule has 12 heavy (non-hydrogen) atoms. The first-order valence-electron chi connectivity index (χ1n) is 5.52. The van der Waals surface area contributed by atoms with E-state index >= 15 is 0 Å². The van der Waals surface area contributed by atoms with Crippen LogP contribution in [0.15, 0.2) is 0 Å². The van der Waals surface area contributed by atoms with Crippen LogP contribution in [0.3, 0.4) is 0 Å². The van der Waals surface area contributed by atoms with Crippen molar-refractivity contribution in [1.82, 2.24) is 0 Å². The monoisotopic (exact) mass is 234 g/mol. The van der Waals surface area contributed by atoms with E-state index in [0.717, 1.165) is 0 Å². The van der Waals surface area contributed by atoms with Crippen molar-refractivity contribution in [2.45, 2.75) is 49.7 Å². The molecule has 0 N–H and O–H groups in total.